The molecule has 0 saturated carbocycles. The minimum atomic E-state index is -4.04. The van der Waals surface area contributed by atoms with Crippen molar-refractivity contribution in [1.82, 2.24) is 9.29 Å². The van der Waals surface area contributed by atoms with E-state index < -0.39 is 21.4 Å². The summed E-state index contributed by atoms with van der Waals surface area (Å²) in [6.07, 6.45) is 0. The molecule has 1 N–H and O–H groups in total. The molecule has 4 aromatic rings. The third-order valence-electron chi connectivity index (χ3n) is 5.74. The predicted molar refractivity (Wildman–Crippen MR) is 133 cm³/mol. The van der Waals surface area contributed by atoms with E-state index in [1.165, 1.54) is 62.0 Å². The van der Waals surface area contributed by atoms with Crippen LogP contribution in [0.5, 0.6) is 17.2 Å². The average molecular weight is 513 g/mol. The Morgan fingerprint density at radius 1 is 0.833 bits per heavy atom. The average Bonchev–Trinajstić information content (AvgIpc) is 2.89. The molecule has 36 heavy (non-hydrogen) atoms. The monoisotopic (exact) mass is 512 g/mol. The highest BCUT2D eigenvalue weighted by Gasteiger charge is 2.26. The van der Waals surface area contributed by atoms with Crippen LogP contribution in [0.3, 0.4) is 0 Å². The van der Waals surface area contributed by atoms with E-state index >= 15 is 0 Å². The van der Waals surface area contributed by atoms with Crippen molar-refractivity contribution in [3.63, 3.8) is 0 Å². The summed E-state index contributed by atoms with van der Waals surface area (Å²) in [5.41, 5.74) is 0.874. The van der Waals surface area contributed by atoms with Crippen molar-refractivity contribution < 1.29 is 27.0 Å². The maximum atomic E-state index is 13.6. The van der Waals surface area contributed by atoms with Crippen LogP contribution in [-0.4, -0.2) is 39.0 Å². The van der Waals surface area contributed by atoms with Gasteiger partial charge in [-0.05, 0) is 54.1 Å². The summed E-state index contributed by atoms with van der Waals surface area (Å²) in [6, 6.07) is 16.5. The Balaban J connectivity index is 1.78. The Bertz CT molecular complexity index is 1530. The van der Waals surface area contributed by atoms with E-state index in [1.807, 2.05) is 0 Å². The zero-order valence-electron chi connectivity index (χ0n) is 19.9. The Morgan fingerprint density at radius 3 is 2.08 bits per heavy atom. The Morgan fingerprint density at radius 2 is 1.47 bits per heavy atom. The maximum absolute atomic E-state index is 13.6. The van der Waals surface area contributed by atoms with Gasteiger partial charge < -0.3 is 19.2 Å². The van der Waals surface area contributed by atoms with Crippen LogP contribution < -0.4 is 19.8 Å². The SMILES string of the molecule is COc1ccc(S(=O)(=O)N(Cc2ccc(F)cc2)Cc2cc3cc(OC)c(OC)cc3[nH]c2=O)cc1. The van der Waals surface area contributed by atoms with E-state index in [-0.39, 0.29) is 23.5 Å². The molecule has 3 aromatic carbocycles. The quantitative estimate of drug-likeness (QED) is 0.363. The third-order valence-corrected chi connectivity index (χ3v) is 7.55. The van der Waals surface area contributed by atoms with Crippen molar-refractivity contribution in [3.05, 3.63) is 94.0 Å². The number of ether oxygens (including phenoxy) is 3. The van der Waals surface area contributed by atoms with E-state index in [4.69, 9.17) is 14.2 Å². The van der Waals surface area contributed by atoms with Crippen LogP contribution in [0.25, 0.3) is 10.9 Å². The van der Waals surface area contributed by atoms with Crippen LogP contribution in [0.4, 0.5) is 4.39 Å². The van der Waals surface area contributed by atoms with E-state index in [0.29, 0.717) is 33.7 Å². The molecule has 0 aliphatic rings. The highest BCUT2D eigenvalue weighted by Crippen LogP contribution is 2.31. The lowest BCUT2D eigenvalue weighted by molar-refractivity contribution is 0.355. The van der Waals surface area contributed by atoms with Gasteiger partial charge in [-0.1, -0.05) is 12.1 Å². The summed E-state index contributed by atoms with van der Waals surface area (Å²) in [7, 11) is 0.443. The van der Waals surface area contributed by atoms with Crippen LogP contribution in [0.1, 0.15) is 11.1 Å². The van der Waals surface area contributed by atoms with Crippen LogP contribution in [0.2, 0.25) is 0 Å². The normalized spacial score (nSPS) is 11.6. The Kier molecular flexibility index (Phi) is 7.27. The number of fused-ring (bicyclic) bond motifs is 1. The molecular weight excluding hydrogens is 487 g/mol. The predicted octanol–water partition coefficient (Wildman–Crippen LogP) is 4.08. The first-order chi connectivity index (χ1) is 17.2. The van der Waals surface area contributed by atoms with E-state index in [9.17, 15) is 17.6 Å². The molecular formula is C26H25FN2O6S. The molecule has 0 spiro atoms. The van der Waals surface area contributed by atoms with Gasteiger partial charge in [0.15, 0.2) is 11.5 Å². The fraction of sp³-hybridized carbons (Fsp3) is 0.192. The zero-order valence-corrected chi connectivity index (χ0v) is 20.8. The number of H-pyrrole nitrogens is 1. The zero-order chi connectivity index (χ0) is 25.9. The number of nitrogens with one attached hydrogen (secondary N) is 1. The number of hydrogen-bond donors (Lipinski definition) is 1. The minimum absolute atomic E-state index is 0.0361. The van der Waals surface area contributed by atoms with Crippen LogP contribution >= 0.6 is 0 Å². The smallest absolute Gasteiger partial charge is 0.252 e. The lowest BCUT2D eigenvalue weighted by Gasteiger charge is -2.22. The van der Waals surface area contributed by atoms with E-state index in [1.54, 1.807) is 30.3 Å². The molecule has 0 amide bonds. The fourth-order valence-electron chi connectivity index (χ4n) is 3.80. The lowest BCUT2D eigenvalue weighted by Crippen LogP contribution is -2.32. The molecule has 188 valence electrons. The van der Waals surface area contributed by atoms with Crippen molar-refractivity contribution in [1.29, 1.82) is 0 Å². The number of halogens is 1. The highest BCUT2D eigenvalue weighted by atomic mass is 32.2. The van der Waals surface area contributed by atoms with Gasteiger partial charge >= 0.3 is 0 Å². The number of benzene rings is 3. The molecule has 0 aliphatic heterocycles. The van der Waals surface area contributed by atoms with Crippen molar-refractivity contribution in [2.24, 2.45) is 0 Å². The van der Waals surface area contributed by atoms with Gasteiger partial charge in [0.05, 0.1) is 31.7 Å². The fourth-order valence-corrected chi connectivity index (χ4v) is 5.21. The van der Waals surface area contributed by atoms with Crippen LogP contribution in [0.15, 0.2) is 76.4 Å². The number of nitrogens with zero attached hydrogens (tertiary/aromatic N) is 1. The number of aromatic nitrogens is 1. The molecule has 0 atom stereocenters. The first-order valence-corrected chi connectivity index (χ1v) is 12.4. The molecule has 0 aliphatic carbocycles. The van der Waals surface area contributed by atoms with Crippen molar-refractivity contribution in [2.45, 2.75) is 18.0 Å². The lowest BCUT2D eigenvalue weighted by atomic mass is 10.1. The number of aromatic amines is 1. The maximum Gasteiger partial charge on any atom is 0.252 e. The molecule has 8 nitrogen and oxygen atoms in total. The standard InChI is InChI=1S/C26H25FN2O6S/c1-33-21-8-10-22(11-9-21)36(31,32)29(15-17-4-6-20(27)7-5-17)16-19-12-18-13-24(34-2)25(35-3)14-23(18)28-26(19)30/h4-14H,15-16H2,1-3H3,(H,28,30). The summed E-state index contributed by atoms with van der Waals surface area (Å²) < 4.78 is 57.7. The van der Waals surface area contributed by atoms with Gasteiger partial charge in [-0.25, -0.2) is 12.8 Å². The number of rotatable bonds is 9. The highest BCUT2D eigenvalue weighted by molar-refractivity contribution is 7.89. The van der Waals surface area contributed by atoms with E-state index in [2.05, 4.69) is 4.98 Å². The summed E-state index contributed by atoms with van der Waals surface area (Å²) in [4.78, 5) is 15.8. The second-order valence-corrected chi connectivity index (χ2v) is 9.93. The van der Waals surface area contributed by atoms with Gasteiger partial charge in [-0.2, -0.15) is 4.31 Å². The Labute approximate surface area is 207 Å². The summed E-state index contributed by atoms with van der Waals surface area (Å²) in [5.74, 6) is 0.999. The molecule has 0 unspecified atom stereocenters. The molecule has 0 saturated heterocycles. The van der Waals surface area contributed by atoms with Gasteiger partial charge in [0, 0.05) is 30.1 Å². The second-order valence-electron chi connectivity index (χ2n) is 7.99. The largest absolute Gasteiger partial charge is 0.497 e. The van der Waals surface area contributed by atoms with E-state index in [0.717, 1.165) is 0 Å². The Hall–Kier alpha value is -3.89. The molecule has 1 aromatic heterocycles. The van der Waals surface area contributed by atoms with Gasteiger partial charge in [-0.3, -0.25) is 4.79 Å². The summed E-state index contributed by atoms with van der Waals surface area (Å²) in [6.45, 7) is -0.288. The topological polar surface area (TPSA) is 97.9 Å². The van der Waals surface area contributed by atoms with Gasteiger partial charge in [0.25, 0.3) is 5.56 Å². The first kappa shape index (κ1) is 25.2. The number of pyridine rings is 1. The molecule has 0 bridgehead atoms. The van der Waals surface area contributed by atoms with Crippen molar-refractivity contribution in [2.75, 3.05) is 21.3 Å². The minimum Gasteiger partial charge on any atom is -0.497 e. The van der Waals surface area contributed by atoms with Crippen LogP contribution in [0, 0.1) is 5.82 Å². The third kappa shape index (κ3) is 5.19. The molecule has 0 fully saturated rings. The van der Waals surface area contributed by atoms with Crippen molar-refractivity contribution >= 4 is 20.9 Å². The number of methoxy groups -OCH3 is 3. The number of hydrogen-bond acceptors (Lipinski definition) is 6. The molecule has 10 heteroatoms. The summed E-state index contributed by atoms with van der Waals surface area (Å²) in [5, 5.41) is 0.644. The van der Waals surface area contributed by atoms with Crippen molar-refractivity contribution in [3.8, 4) is 17.2 Å². The molecule has 4 rings (SSSR count). The molecule has 0 radical (unpaired) electrons. The number of sulfonamides is 1. The van der Waals surface area contributed by atoms with Gasteiger partial charge in [0.1, 0.15) is 11.6 Å². The second kappa shape index (κ2) is 10.4. The first-order valence-electron chi connectivity index (χ1n) is 10.9. The molecule has 1 heterocycles. The summed E-state index contributed by atoms with van der Waals surface area (Å²) >= 11 is 0. The van der Waals surface area contributed by atoms with Crippen LogP contribution in [-0.2, 0) is 23.1 Å². The van der Waals surface area contributed by atoms with Gasteiger partial charge in [-0.15, -0.1) is 0 Å². The van der Waals surface area contributed by atoms with Gasteiger partial charge in [0.2, 0.25) is 10.0 Å².